The van der Waals surface area contributed by atoms with E-state index in [4.69, 9.17) is 21.1 Å². The molecule has 0 fully saturated rings. The Balaban J connectivity index is 1.97. The second-order valence-electron chi connectivity index (χ2n) is 6.89. The molecule has 0 saturated carbocycles. The third-order valence-corrected chi connectivity index (χ3v) is 4.87. The van der Waals surface area contributed by atoms with Crippen LogP contribution in [-0.4, -0.2) is 29.1 Å². The van der Waals surface area contributed by atoms with Crippen molar-refractivity contribution in [2.75, 3.05) is 24.9 Å². The van der Waals surface area contributed by atoms with Crippen LogP contribution in [0.5, 0.6) is 11.5 Å². The van der Waals surface area contributed by atoms with E-state index in [2.05, 4.69) is 34.4 Å². The molecule has 0 unspecified atom stereocenters. The number of nitrogens with one attached hydrogen (secondary N) is 2. The van der Waals surface area contributed by atoms with Crippen molar-refractivity contribution < 1.29 is 14.4 Å². The maximum atomic E-state index is 11.9. The molecule has 9 nitrogen and oxygen atoms in total. The minimum atomic E-state index is -0.551. The average molecular weight is 444 g/mol. The van der Waals surface area contributed by atoms with Crippen molar-refractivity contribution in [3.63, 3.8) is 0 Å². The molecule has 0 aliphatic rings. The number of anilines is 4. The normalized spacial score (nSPS) is 10.6. The van der Waals surface area contributed by atoms with E-state index in [1.54, 1.807) is 12.1 Å². The van der Waals surface area contributed by atoms with Crippen LogP contribution in [0, 0.1) is 10.1 Å². The molecule has 3 aromatic rings. The van der Waals surface area contributed by atoms with Gasteiger partial charge in [0.05, 0.1) is 29.9 Å². The van der Waals surface area contributed by atoms with Crippen molar-refractivity contribution in [3.8, 4) is 11.5 Å². The van der Waals surface area contributed by atoms with Crippen molar-refractivity contribution in [2.45, 2.75) is 19.8 Å². The molecule has 0 amide bonds. The molecule has 31 heavy (non-hydrogen) atoms. The summed E-state index contributed by atoms with van der Waals surface area (Å²) >= 11 is 6.20. The maximum absolute atomic E-state index is 11.9. The predicted molar refractivity (Wildman–Crippen MR) is 120 cm³/mol. The summed E-state index contributed by atoms with van der Waals surface area (Å²) in [6, 6.07) is 10.7. The number of benzene rings is 2. The van der Waals surface area contributed by atoms with E-state index in [9.17, 15) is 10.1 Å². The van der Waals surface area contributed by atoms with E-state index < -0.39 is 4.92 Å². The zero-order valence-electron chi connectivity index (χ0n) is 17.5. The van der Waals surface area contributed by atoms with Gasteiger partial charge in [0, 0.05) is 11.8 Å². The first-order valence-corrected chi connectivity index (χ1v) is 9.76. The fraction of sp³-hybridized carbons (Fsp3) is 0.238. The van der Waals surface area contributed by atoms with Crippen LogP contribution in [0.25, 0.3) is 0 Å². The number of halogens is 1. The lowest BCUT2D eigenvalue weighted by Gasteiger charge is -2.14. The highest BCUT2D eigenvalue weighted by Crippen LogP contribution is 2.40. The molecule has 0 aliphatic heterocycles. The number of nitro groups is 1. The first kappa shape index (κ1) is 22.1. The summed E-state index contributed by atoms with van der Waals surface area (Å²) < 4.78 is 10.5. The SMILES string of the molecule is COc1cc(OC)c(Nc2ncnc(Nc3ccc(C(C)C)cc3)c2[N+](=O)[O-])cc1Cl. The first-order valence-electron chi connectivity index (χ1n) is 9.39. The fourth-order valence-electron chi connectivity index (χ4n) is 2.91. The Labute approximate surface area is 184 Å². The summed E-state index contributed by atoms with van der Waals surface area (Å²) in [4.78, 5) is 19.4. The van der Waals surface area contributed by atoms with Gasteiger partial charge in [-0.3, -0.25) is 10.1 Å². The van der Waals surface area contributed by atoms with E-state index in [1.165, 1.54) is 20.5 Å². The second kappa shape index (κ2) is 9.48. The summed E-state index contributed by atoms with van der Waals surface area (Å²) in [6.45, 7) is 4.19. The lowest BCUT2D eigenvalue weighted by molar-refractivity contribution is -0.383. The van der Waals surface area contributed by atoms with Crippen LogP contribution in [-0.2, 0) is 0 Å². The summed E-state index contributed by atoms with van der Waals surface area (Å²) in [5.74, 6) is 1.21. The molecule has 2 aromatic carbocycles. The number of hydrogen-bond donors (Lipinski definition) is 2. The Morgan fingerprint density at radius 1 is 1.00 bits per heavy atom. The highest BCUT2D eigenvalue weighted by atomic mass is 35.5. The Kier molecular flexibility index (Phi) is 6.76. The van der Waals surface area contributed by atoms with Gasteiger partial charge >= 0.3 is 5.69 Å². The van der Waals surface area contributed by atoms with Gasteiger partial charge in [0.15, 0.2) is 0 Å². The minimum Gasteiger partial charge on any atom is -0.495 e. The Morgan fingerprint density at radius 2 is 1.61 bits per heavy atom. The van der Waals surface area contributed by atoms with Gasteiger partial charge in [-0.05, 0) is 29.7 Å². The second-order valence-corrected chi connectivity index (χ2v) is 7.30. The smallest absolute Gasteiger partial charge is 0.353 e. The molecule has 0 bridgehead atoms. The van der Waals surface area contributed by atoms with Crippen LogP contribution in [0.1, 0.15) is 25.3 Å². The molecular formula is C21H22ClN5O4. The van der Waals surface area contributed by atoms with Crippen molar-refractivity contribution >= 4 is 40.3 Å². The summed E-state index contributed by atoms with van der Waals surface area (Å²) in [7, 11) is 2.95. The van der Waals surface area contributed by atoms with E-state index in [1.807, 2.05) is 24.3 Å². The standard InChI is InChI=1S/C21H22ClN5O4/c1-12(2)13-5-7-14(8-6-13)25-20-19(27(28)29)21(24-11-23-20)26-16-9-15(22)17(30-3)10-18(16)31-4/h5-12H,1-4H3,(H2,23,24,25,26). The van der Waals surface area contributed by atoms with Gasteiger partial charge in [-0.15, -0.1) is 0 Å². The Morgan fingerprint density at radius 3 is 2.16 bits per heavy atom. The lowest BCUT2D eigenvalue weighted by atomic mass is 10.0. The number of nitrogens with zero attached hydrogens (tertiary/aromatic N) is 3. The molecule has 162 valence electrons. The summed E-state index contributed by atoms with van der Waals surface area (Å²) in [5, 5.41) is 18.1. The number of aromatic nitrogens is 2. The zero-order valence-corrected chi connectivity index (χ0v) is 18.2. The summed E-state index contributed by atoms with van der Waals surface area (Å²) in [5.41, 5.74) is 1.91. The van der Waals surface area contributed by atoms with Gasteiger partial charge in [-0.25, -0.2) is 9.97 Å². The first-order chi connectivity index (χ1) is 14.8. The van der Waals surface area contributed by atoms with Gasteiger partial charge < -0.3 is 20.1 Å². The number of ether oxygens (including phenoxy) is 2. The third-order valence-electron chi connectivity index (χ3n) is 4.57. The molecule has 0 spiro atoms. The van der Waals surface area contributed by atoms with Gasteiger partial charge in [-0.1, -0.05) is 37.6 Å². The van der Waals surface area contributed by atoms with Crippen molar-refractivity contribution in [1.82, 2.24) is 9.97 Å². The largest absolute Gasteiger partial charge is 0.495 e. The molecule has 10 heteroatoms. The molecule has 0 atom stereocenters. The highest BCUT2D eigenvalue weighted by Gasteiger charge is 2.24. The number of hydrogen-bond acceptors (Lipinski definition) is 8. The molecule has 0 aliphatic carbocycles. The quantitative estimate of drug-likeness (QED) is 0.338. The van der Waals surface area contributed by atoms with Gasteiger partial charge in [0.2, 0.25) is 11.6 Å². The van der Waals surface area contributed by atoms with Crippen LogP contribution in [0.4, 0.5) is 28.7 Å². The van der Waals surface area contributed by atoms with Crippen LogP contribution in [0.15, 0.2) is 42.7 Å². The fourth-order valence-corrected chi connectivity index (χ4v) is 3.15. The zero-order chi connectivity index (χ0) is 22.5. The molecule has 2 N–H and O–H groups in total. The molecule has 0 saturated heterocycles. The molecule has 1 aromatic heterocycles. The average Bonchev–Trinajstić information content (AvgIpc) is 2.74. The monoisotopic (exact) mass is 443 g/mol. The van der Waals surface area contributed by atoms with Gasteiger partial charge in [-0.2, -0.15) is 0 Å². The molecular weight excluding hydrogens is 422 g/mol. The van der Waals surface area contributed by atoms with Gasteiger partial charge in [0.25, 0.3) is 0 Å². The maximum Gasteiger partial charge on any atom is 0.353 e. The van der Waals surface area contributed by atoms with Crippen LogP contribution < -0.4 is 20.1 Å². The van der Waals surface area contributed by atoms with Crippen molar-refractivity contribution in [2.24, 2.45) is 0 Å². The van der Waals surface area contributed by atoms with Crippen LogP contribution in [0.2, 0.25) is 5.02 Å². The van der Waals surface area contributed by atoms with E-state index in [0.29, 0.717) is 33.8 Å². The molecule has 3 rings (SSSR count). The van der Waals surface area contributed by atoms with E-state index in [-0.39, 0.29) is 17.3 Å². The lowest BCUT2D eigenvalue weighted by Crippen LogP contribution is -2.06. The number of methoxy groups -OCH3 is 2. The highest BCUT2D eigenvalue weighted by molar-refractivity contribution is 6.32. The Bertz CT molecular complexity index is 1090. The van der Waals surface area contributed by atoms with Crippen LogP contribution >= 0.6 is 11.6 Å². The van der Waals surface area contributed by atoms with E-state index in [0.717, 1.165) is 5.56 Å². The Hall–Kier alpha value is -3.59. The molecule has 1 heterocycles. The predicted octanol–water partition coefficient (Wildman–Crippen LogP) is 5.67. The third kappa shape index (κ3) is 4.95. The van der Waals surface area contributed by atoms with Crippen LogP contribution in [0.3, 0.4) is 0 Å². The van der Waals surface area contributed by atoms with Gasteiger partial charge in [0.1, 0.15) is 17.8 Å². The van der Waals surface area contributed by atoms with Crippen molar-refractivity contribution in [1.29, 1.82) is 0 Å². The number of rotatable bonds is 8. The van der Waals surface area contributed by atoms with E-state index >= 15 is 0 Å². The molecule has 0 radical (unpaired) electrons. The summed E-state index contributed by atoms with van der Waals surface area (Å²) in [6.07, 6.45) is 1.23. The van der Waals surface area contributed by atoms with Crippen molar-refractivity contribution in [3.05, 3.63) is 63.4 Å². The topological polar surface area (TPSA) is 111 Å². The minimum absolute atomic E-state index is 0.0131.